The van der Waals surface area contributed by atoms with Crippen molar-refractivity contribution < 1.29 is 32.7 Å². The smallest absolute Gasteiger partial charge is 0.394 e. The van der Waals surface area contributed by atoms with Crippen molar-refractivity contribution in [2.45, 2.75) is 25.9 Å². The second kappa shape index (κ2) is 6.77. The summed E-state index contributed by atoms with van der Waals surface area (Å²) in [6, 6.07) is 0. The molecule has 1 heterocycles. The Kier molecular flexibility index (Phi) is 5.56. The fourth-order valence-corrected chi connectivity index (χ4v) is 2.19. The van der Waals surface area contributed by atoms with Crippen LogP contribution in [0, 0.1) is 11.8 Å². The van der Waals surface area contributed by atoms with Gasteiger partial charge in [-0.25, -0.2) is 0 Å². The largest absolute Gasteiger partial charge is 0.481 e. The van der Waals surface area contributed by atoms with E-state index in [0.29, 0.717) is 6.42 Å². The monoisotopic (exact) mass is 310 g/mol. The van der Waals surface area contributed by atoms with Gasteiger partial charge in [-0.15, -0.1) is 0 Å². The zero-order valence-electron chi connectivity index (χ0n) is 11.4. The van der Waals surface area contributed by atoms with Crippen molar-refractivity contribution >= 4 is 17.8 Å². The highest BCUT2D eigenvalue weighted by Crippen LogP contribution is 2.37. The summed E-state index contributed by atoms with van der Waals surface area (Å²) in [6.07, 6.45) is -3.87. The summed E-state index contributed by atoms with van der Waals surface area (Å²) < 4.78 is 38.3. The number of aliphatic carboxylic acids is 1. The van der Waals surface area contributed by atoms with Crippen LogP contribution < -0.4 is 5.32 Å². The van der Waals surface area contributed by atoms with E-state index in [2.05, 4.69) is 5.32 Å². The van der Waals surface area contributed by atoms with Crippen molar-refractivity contribution in [3.8, 4) is 0 Å². The molecule has 1 aliphatic heterocycles. The second-order valence-corrected chi connectivity index (χ2v) is 4.92. The number of nitrogens with one attached hydrogen (secondary N) is 1. The number of likely N-dealkylation sites (tertiary alicyclic amines) is 1. The Bertz CT molecular complexity index is 425. The topological polar surface area (TPSA) is 86.7 Å². The van der Waals surface area contributed by atoms with E-state index >= 15 is 0 Å². The summed E-state index contributed by atoms with van der Waals surface area (Å²) >= 11 is 0. The van der Waals surface area contributed by atoms with Gasteiger partial charge in [0, 0.05) is 19.5 Å². The lowest BCUT2D eigenvalue weighted by Crippen LogP contribution is -2.39. The Morgan fingerprint density at radius 2 is 1.90 bits per heavy atom. The van der Waals surface area contributed by atoms with E-state index in [4.69, 9.17) is 5.11 Å². The molecular formula is C12H17F3N2O4. The highest BCUT2D eigenvalue weighted by Gasteiger charge is 2.53. The summed E-state index contributed by atoms with van der Waals surface area (Å²) in [5.41, 5.74) is 0. The number of carbonyl (C=O) groups excluding carboxylic acids is 2. The van der Waals surface area contributed by atoms with Crippen LogP contribution in [-0.4, -0.2) is 53.6 Å². The Hall–Kier alpha value is -1.80. The number of carboxylic acids is 1. The third-order valence-corrected chi connectivity index (χ3v) is 3.32. The first-order valence-electron chi connectivity index (χ1n) is 6.50. The first-order chi connectivity index (χ1) is 9.66. The quantitative estimate of drug-likeness (QED) is 0.779. The van der Waals surface area contributed by atoms with Crippen LogP contribution in [0.3, 0.4) is 0 Å². The van der Waals surface area contributed by atoms with Crippen molar-refractivity contribution in [2.75, 3.05) is 19.6 Å². The lowest BCUT2D eigenvalue weighted by atomic mass is 9.96. The Morgan fingerprint density at radius 1 is 1.29 bits per heavy atom. The van der Waals surface area contributed by atoms with Crippen molar-refractivity contribution in [3.05, 3.63) is 0 Å². The minimum Gasteiger partial charge on any atom is -0.481 e. The number of rotatable bonds is 5. The predicted octanol–water partition coefficient (Wildman–Crippen LogP) is 0.624. The van der Waals surface area contributed by atoms with Crippen LogP contribution in [0.25, 0.3) is 0 Å². The van der Waals surface area contributed by atoms with Crippen LogP contribution >= 0.6 is 0 Å². The van der Waals surface area contributed by atoms with E-state index in [-0.39, 0.29) is 12.3 Å². The van der Waals surface area contributed by atoms with E-state index in [0.717, 1.165) is 4.90 Å². The number of alkyl halides is 3. The van der Waals surface area contributed by atoms with Gasteiger partial charge in [0.2, 0.25) is 11.8 Å². The van der Waals surface area contributed by atoms with E-state index in [9.17, 15) is 27.6 Å². The molecule has 120 valence electrons. The molecule has 1 fully saturated rings. The number of carbonyl (C=O) groups is 3. The van der Waals surface area contributed by atoms with E-state index in [1.807, 2.05) is 0 Å². The van der Waals surface area contributed by atoms with Crippen molar-refractivity contribution in [2.24, 2.45) is 11.8 Å². The summed E-state index contributed by atoms with van der Waals surface area (Å²) in [6.45, 7) is 0.161. The van der Waals surface area contributed by atoms with Crippen LogP contribution in [0.2, 0.25) is 0 Å². The summed E-state index contributed by atoms with van der Waals surface area (Å²) in [4.78, 5) is 34.7. The zero-order chi connectivity index (χ0) is 16.2. The van der Waals surface area contributed by atoms with E-state index in [1.54, 1.807) is 6.92 Å². The lowest BCUT2D eigenvalue weighted by Gasteiger charge is -2.18. The molecule has 0 aromatic rings. The molecule has 0 aromatic heterocycles. The molecular weight excluding hydrogens is 293 g/mol. The minimum atomic E-state index is -4.68. The zero-order valence-corrected chi connectivity index (χ0v) is 11.4. The van der Waals surface area contributed by atoms with Crippen molar-refractivity contribution in [1.82, 2.24) is 10.2 Å². The number of amides is 2. The molecule has 1 saturated heterocycles. The molecule has 0 aliphatic carbocycles. The van der Waals surface area contributed by atoms with E-state index in [1.165, 1.54) is 0 Å². The van der Waals surface area contributed by atoms with Crippen LogP contribution in [0.5, 0.6) is 0 Å². The highest BCUT2D eigenvalue weighted by atomic mass is 19.4. The van der Waals surface area contributed by atoms with Crippen molar-refractivity contribution in [3.63, 3.8) is 0 Å². The molecule has 6 nitrogen and oxygen atoms in total. The molecule has 0 unspecified atom stereocenters. The fraction of sp³-hybridized carbons (Fsp3) is 0.750. The van der Waals surface area contributed by atoms with Crippen LogP contribution in [0.1, 0.15) is 19.8 Å². The summed E-state index contributed by atoms with van der Waals surface area (Å²) in [5.74, 6) is -6.40. The van der Waals surface area contributed by atoms with Crippen molar-refractivity contribution in [1.29, 1.82) is 0 Å². The first-order valence-corrected chi connectivity index (χ1v) is 6.50. The van der Waals surface area contributed by atoms with Gasteiger partial charge in [-0.3, -0.25) is 14.4 Å². The molecule has 21 heavy (non-hydrogen) atoms. The second-order valence-electron chi connectivity index (χ2n) is 4.92. The molecule has 0 spiro atoms. The number of hydrogen-bond acceptors (Lipinski definition) is 3. The molecule has 0 aromatic carbocycles. The van der Waals surface area contributed by atoms with Crippen LogP contribution in [0.15, 0.2) is 0 Å². The van der Waals surface area contributed by atoms with Gasteiger partial charge in [-0.05, 0) is 6.42 Å². The number of carboxylic acid groups (broad SMARTS) is 1. The van der Waals surface area contributed by atoms with E-state index < -0.39 is 49.5 Å². The molecule has 1 rings (SSSR count). The molecule has 2 atom stereocenters. The Morgan fingerprint density at radius 3 is 2.33 bits per heavy atom. The van der Waals surface area contributed by atoms with Gasteiger partial charge in [0.05, 0.1) is 18.4 Å². The maximum atomic E-state index is 12.8. The van der Waals surface area contributed by atoms with Gasteiger partial charge < -0.3 is 15.3 Å². The van der Waals surface area contributed by atoms with Gasteiger partial charge in [-0.1, -0.05) is 6.92 Å². The number of hydrogen-bond donors (Lipinski definition) is 2. The number of halogens is 3. The molecule has 9 heteroatoms. The predicted molar refractivity (Wildman–Crippen MR) is 65.2 cm³/mol. The van der Waals surface area contributed by atoms with Gasteiger partial charge in [0.25, 0.3) is 0 Å². The maximum Gasteiger partial charge on any atom is 0.394 e. The maximum absolute atomic E-state index is 12.8. The SMILES string of the molecule is CCCC(=O)NCC(=O)N1C[C@@H](C(F)(F)F)[C@H](C(=O)O)C1. The minimum absolute atomic E-state index is 0.218. The van der Waals surface area contributed by atoms with Gasteiger partial charge in [0.1, 0.15) is 0 Å². The average Bonchev–Trinajstić information content (AvgIpc) is 2.81. The van der Waals surface area contributed by atoms with Crippen LogP contribution in [-0.2, 0) is 14.4 Å². The van der Waals surface area contributed by atoms with Gasteiger partial charge in [-0.2, -0.15) is 13.2 Å². The first kappa shape index (κ1) is 17.3. The average molecular weight is 310 g/mol. The molecule has 0 bridgehead atoms. The highest BCUT2D eigenvalue weighted by molar-refractivity contribution is 5.85. The molecule has 2 N–H and O–H groups in total. The lowest BCUT2D eigenvalue weighted by molar-refractivity contribution is -0.188. The fourth-order valence-electron chi connectivity index (χ4n) is 2.19. The molecule has 2 amide bonds. The normalized spacial score (nSPS) is 22.2. The van der Waals surface area contributed by atoms with Gasteiger partial charge in [0.15, 0.2) is 0 Å². The summed E-state index contributed by atoms with van der Waals surface area (Å²) in [5, 5.41) is 11.1. The summed E-state index contributed by atoms with van der Waals surface area (Å²) in [7, 11) is 0. The molecule has 1 aliphatic rings. The third-order valence-electron chi connectivity index (χ3n) is 3.32. The third kappa shape index (κ3) is 4.61. The molecule has 0 saturated carbocycles. The Balaban J connectivity index is 2.63. The number of nitrogens with zero attached hydrogens (tertiary/aromatic N) is 1. The van der Waals surface area contributed by atoms with Gasteiger partial charge >= 0.3 is 12.1 Å². The Labute approximate surface area is 119 Å². The van der Waals surface area contributed by atoms with Crippen LogP contribution in [0.4, 0.5) is 13.2 Å². The molecule has 0 radical (unpaired) electrons. The standard InChI is InChI=1S/C12H17F3N2O4/c1-2-3-9(18)16-4-10(19)17-5-7(11(20)21)8(6-17)12(13,14)15/h7-8H,2-6H2,1H3,(H,16,18)(H,20,21)/t7-,8-/m1/s1.